The summed E-state index contributed by atoms with van der Waals surface area (Å²) >= 11 is 0. The van der Waals surface area contributed by atoms with Crippen molar-refractivity contribution in [3.63, 3.8) is 0 Å². The molecule has 0 amide bonds. The number of aromatic nitrogens is 1. The van der Waals surface area contributed by atoms with E-state index in [1.54, 1.807) is 31.4 Å². The van der Waals surface area contributed by atoms with E-state index in [-0.39, 0.29) is 5.89 Å². The number of hydrogen-bond acceptors (Lipinski definition) is 5. The van der Waals surface area contributed by atoms with Gasteiger partial charge in [-0.15, -0.1) is 0 Å². The molecule has 0 aliphatic heterocycles. The summed E-state index contributed by atoms with van der Waals surface area (Å²) in [6.07, 6.45) is 0. The summed E-state index contributed by atoms with van der Waals surface area (Å²) in [7, 11) is 1.55. The molecule has 5 heteroatoms. The van der Waals surface area contributed by atoms with Gasteiger partial charge in [-0.1, -0.05) is 6.07 Å². The molecule has 0 aliphatic rings. The third kappa shape index (κ3) is 1.52. The fourth-order valence-corrected chi connectivity index (χ4v) is 1.06. The maximum atomic E-state index is 10.6. The monoisotopic (exact) mass is 193 g/mol. The van der Waals surface area contributed by atoms with Crippen molar-refractivity contribution in [1.29, 1.82) is 0 Å². The molecule has 0 radical (unpaired) electrons. The van der Waals surface area contributed by atoms with Crippen molar-refractivity contribution in [2.75, 3.05) is 7.11 Å². The van der Waals surface area contributed by atoms with E-state index in [2.05, 4.69) is 14.1 Å². The van der Waals surface area contributed by atoms with Crippen LogP contribution in [0.5, 0.6) is 5.75 Å². The molecular formula is C9H7NO4. The molecule has 0 spiro atoms. The molecule has 0 bridgehead atoms. The number of benzene rings is 1. The molecule has 1 heterocycles. The van der Waals surface area contributed by atoms with Crippen molar-refractivity contribution in [3.8, 4) is 17.2 Å². The van der Waals surface area contributed by atoms with E-state index in [0.717, 1.165) is 0 Å². The topological polar surface area (TPSA) is 65.5 Å². The molecule has 2 rings (SSSR count). The van der Waals surface area contributed by atoms with Gasteiger partial charge in [0.2, 0.25) is 0 Å². The molecular weight excluding hydrogens is 186 g/mol. The van der Waals surface area contributed by atoms with E-state index < -0.39 is 5.82 Å². The van der Waals surface area contributed by atoms with Gasteiger partial charge in [0.25, 0.3) is 5.89 Å². The van der Waals surface area contributed by atoms with Crippen LogP contribution >= 0.6 is 0 Å². The molecule has 72 valence electrons. The first-order valence-electron chi connectivity index (χ1n) is 3.91. The molecule has 0 saturated carbocycles. The summed E-state index contributed by atoms with van der Waals surface area (Å²) in [6.45, 7) is 0. The van der Waals surface area contributed by atoms with E-state index in [9.17, 15) is 4.79 Å². The molecule has 1 aromatic carbocycles. The first-order valence-corrected chi connectivity index (χ1v) is 3.91. The van der Waals surface area contributed by atoms with Crippen molar-refractivity contribution in [3.05, 3.63) is 34.9 Å². The highest BCUT2D eigenvalue weighted by atomic mass is 16.6. The van der Waals surface area contributed by atoms with E-state index in [1.807, 2.05) is 0 Å². The lowest BCUT2D eigenvalue weighted by atomic mass is 10.2. The molecule has 0 unspecified atom stereocenters. The Morgan fingerprint density at radius 1 is 1.43 bits per heavy atom. The number of ether oxygens (including phenoxy) is 1. The SMILES string of the molecule is COc1cccc(-c2noc(=O)o2)c1. The second-order valence-corrected chi connectivity index (χ2v) is 2.57. The summed E-state index contributed by atoms with van der Waals surface area (Å²) in [5.41, 5.74) is 0.634. The van der Waals surface area contributed by atoms with Crippen molar-refractivity contribution < 1.29 is 13.7 Å². The number of methoxy groups -OCH3 is 1. The minimum Gasteiger partial charge on any atom is -0.497 e. The minimum absolute atomic E-state index is 0.147. The fraction of sp³-hybridized carbons (Fsp3) is 0.111. The fourth-order valence-electron chi connectivity index (χ4n) is 1.06. The van der Waals surface area contributed by atoms with Gasteiger partial charge < -0.3 is 9.15 Å². The summed E-state index contributed by atoms with van der Waals surface area (Å²) in [6, 6.07) is 6.98. The molecule has 2 aromatic rings. The molecule has 0 saturated heterocycles. The van der Waals surface area contributed by atoms with Crippen molar-refractivity contribution in [2.24, 2.45) is 0 Å². The van der Waals surface area contributed by atoms with Gasteiger partial charge in [-0.3, -0.25) is 4.52 Å². The molecule has 14 heavy (non-hydrogen) atoms. The Morgan fingerprint density at radius 3 is 2.93 bits per heavy atom. The molecule has 1 aromatic heterocycles. The highest BCUT2D eigenvalue weighted by Gasteiger charge is 2.07. The lowest BCUT2D eigenvalue weighted by Crippen LogP contribution is -1.86. The van der Waals surface area contributed by atoms with Crippen LogP contribution in [-0.2, 0) is 0 Å². The van der Waals surface area contributed by atoms with Gasteiger partial charge in [-0.05, 0) is 23.4 Å². The number of hydrogen-bond donors (Lipinski definition) is 0. The van der Waals surface area contributed by atoms with Crippen LogP contribution in [-0.4, -0.2) is 12.3 Å². The standard InChI is InChI=1S/C9H7NO4/c1-12-7-4-2-3-6(5-7)8-10-14-9(11)13-8/h2-5H,1H3. The van der Waals surface area contributed by atoms with Crippen LogP contribution in [0.2, 0.25) is 0 Å². The zero-order valence-electron chi connectivity index (χ0n) is 7.39. The highest BCUT2D eigenvalue weighted by Crippen LogP contribution is 2.20. The van der Waals surface area contributed by atoms with Gasteiger partial charge in [0.1, 0.15) is 5.75 Å². The Kier molecular flexibility index (Phi) is 2.06. The number of rotatable bonds is 2. The van der Waals surface area contributed by atoms with Crippen LogP contribution in [0.3, 0.4) is 0 Å². The predicted octanol–water partition coefficient (Wildman–Crippen LogP) is 1.30. The Morgan fingerprint density at radius 2 is 2.29 bits per heavy atom. The smallest absolute Gasteiger partial charge is 0.497 e. The molecule has 0 atom stereocenters. The molecule has 0 fully saturated rings. The van der Waals surface area contributed by atoms with Gasteiger partial charge >= 0.3 is 5.82 Å². The van der Waals surface area contributed by atoms with Gasteiger partial charge in [-0.2, -0.15) is 0 Å². The van der Waals surface area contributed by atoms with Crippen LogP contribution in [0.4, 0.5) is 0 Å². The van der Waals surface area contributed by atoms with E-state index in [0.29, 0.717) is 11.3 Å². The van der Waals surface area contributed by atoms with Gasteiger partial charge in [0, 0.05) is 5.56 Å². The molecule has 0 N–H and O–H groups in total. The zero-order chi connectivity index (χ0) is 9.97. The predicted molar refractivity (Wildman–Crippen MR) is 47.0 cm³/mol. The zero-order valence-corrected chi connectivity index (χ0v) is 7.39. The van der Waals surface area contributed by atoms with E-state index in [1.165, 1.54) is 0 Å². The van der Waals surface area contributed by atoms with E-state index in [4.69, 9.17) is 4.74 Å². The van der Waals surface area contributed by atoms with E-state index >= 15 is 0 Å². The normalized spacial score (nSPS) is 10.1. The summed E-state index contributed by atoms with van der Waals surface area (Å²) in [5, 5.41) is 3.45. The Balaban J connectivity index is 2.46. The molecule has 0 aliphatic carbocycles. The van der Waals surface area contributed by atoms with Crippen LogP contribution < -0.4 is 10.6 Å². The van der Waals surface area contributed by atoms with Crippen molar-refractivity contribution >= 4 is 0 Å². The minimum atomic E-state index is -0.817. The van der Waals surface area contributed by atoms with Gasteiger partial charge in [0.15, 0.2) is 0 Å². The summed E-state index contributed by atoms with van der Waals surface area (Å²) in [4.78, 5) is 10.6. The van der Waals surface area contributed by atoms with Crippen LogP contribution in [0.15, 0.2) is 38.0 Å². The third-order valence-corrected chi connectivity index (χ3v) is 1.70. The lowest BCUT2D eigenvalue weighted by Gasteiger charge is -1.99. The van der Waals surface area contributed by atoms with Crippen LogP contribution in [0.25, 0.3) is 11.5 Å². The summed E-state index contributed by atoms with van der Waals surface area (Å²) in [5.74, 6) is -0.00938. The lowest BCUT2D eigenvalue weighted by molar-refractivity contribution is 0.335. The maximum absolute atomic E-state index is 10.6. The van der Waals surface area contributed by atoms with Gasteiger partial charge in [-0.25, -0.2) is 4.79 Å². The first-order chi connectivity index (χ1) is 6.79. The van der Waals surface area contributed by atoms with Gasteiger partial charge in [0.05, 0.1) is 7.11 Å². The number of nitrogens with zero attached hydrogens (tertiary/aromatic N) is 1. The average molecular weight is 193 g/mol. The maximum Gasteiger partial charge on any atom is 0.542 e. The van der Waals surface area contributed by atoms with Crippen molar-refractivity contribution in [2.45, 2.75) is 0 Å². The molecule has 5 nitrogen and oxygen atoms in total. The van der Waals surface area contributed by atoms with Crippen LogP contribution in [0, 0.1) is 0 Å². The Labute approximate surface area is 78.9 Å². The third-order valence-electron chi connectivity index (χ3n) is 1.70. The van der Waals surface area contributed by atoms with Crippen LogP contribution in [0.1, 0.15) is 0 Å². The second kappa shape index (κ2) is 3.37. The Hall–Kier alpha value is -2.04. The van der Waals surface area contributed by atoms with Crippen molar-refractivity contribution in [1.82, 2.24) is 5.16 Å². The quantitative estimate of drug-likeness (QED) is 0.719. The first kappa shape index (κ1) is 8.55. The highest BCUT2D eigenvalue weighted by molar-refractivity contribution is 5.54. The second-order valence-electron chi connectivity index (χ2n) is 2.57. The summed E-state index contributed by atoms with van der Waals surface area (Å²) < 4.78 is 14.0. The average Bonchev–Trinajstić information content (AvgIpc) is 2.65. The Bertz CT molecular complexity index is 485. The largest absolute Gasteiger partial charge is 0.542 e.